The van der Waals surface area contributed by atoms with E-state index in [1.54, 1.807) is 0 Å². The number of halogens is 2. The minimum Gasteiger partial charge on any atom is -0.480 e. The summed E-state index contributed by atoms with van der Waals surface area (Å²) in [6.45, 7) is 0.185. The Morgan fingerprint density at radius 1 is 1.29 bits per heavy atom. The molecule has 1 saturated heterocycles. The summed E-state index contributed by atoms with van der Waals surface area (Å²) in [5.74, 6) is -1.46. The molecular weight excluding hydrogens is 379 g/mol. The summed E-state index contributed by atoms with van der Waals surface area (Å²) < 4.78 is 26.8. The molecule has 24 heavy (non-hydrogen) atoms. The van der Waals surface area contributed by atoms with Crippen LogP contribution in [0.5, 0.6) is 0 Å². The quantitative estimate of drug-likeness (QED) is 0.764. The Labute approximate surface area is 149 Å². The lowest BCUT2D eigenvalue weighted by atomic mass is 10.2. The first kappa shape index (κ1) is 19.0. The summed E-state index contributed by atoms with van der Waals surface area (Å²) in [6.07, 6.45) is 0.872. The first-order chi connectivity index (χ1) is 11.2. The molecule has 0 spiro atoms. The number of carbonyl (C=O) groups excluding carboxylic acids is 1. The van der Waals surface area contributed by atoms with E-state index in [-0.39, 0.29) is 27.9 Å². The van der Waals surface area contributed by atoms with E-state index < -0.39 is 27.9 Å². The topological polar surface area (TPSA) is 104 Å². The first-order valence-corrected chi connectivity index (χ1v) is 9.44. The van der Waals surface area contributed by atoms with E-state index in [0.29, 0.717) is 19.4 Å². The standard InChI is InChI=1S/C14H16Cl2N2O5S/c15-9-3-1-4-10(16)13(9)24(22,23)17-7-6-12(19)18-8-2-5-11(18)14(20)21/h1,3-4,11,17H,2,5-8H2,(H,20,21)/t11-/m0/s1. The average Bonchev–Trinajstić information content (AvgIpc) is 2.96. The fourth-order valence-corrected chi connectivity index (χ4v) is 4.74. The largest absolute Gasteiger partial charge is 0.480 e. The summed E-state index contributed by atoms with van der Waals surface area (Å²) in [7, 11) is -3.97. The van der Waals surface area contributed by atoms with E-state index in [0.717, 1.165) is 0 Å². The maximum absolute atomic E-state index is 12.3. The lowest BCUT2D eigenvalue weighted by Crippen LogP contribution is -2.41. The van der Waals surface area contributed by atoms with Gasteiger partial charge in [-0.3, -0.25) is 4.79 Å². The summed E-state index contributed by atoms with van der Waals surface area (Å²) >= 11 is 11.7. The lowest BCUT2D eigenvalue weighted by molar-refractivity contribution is -0.148. The van der Waals surface area contributed by atoms with Gasteiger partial charge in [-0.05, 0) is 25.0 Å². The molecule has 0 bridgehead atoms. The number of carbonyl (C=O) groups is 2. The van der Waals surface area contributed by atoms with Crippen molar-refractivity contribution in [2.75, 3.05) is 13.1 Å². The molecular formula is C14H16Cl2N2O5S. The van der Waals surface area contributed by atoms with Gasteiger partial charge in [0.1, 0.15) is 10.9 Å². The van der Waals surface area contributed by atoms with Crippen molar-refractivity contribution in [1.82, 2.24) is 9.62 Å². The van der Waals surface area contributed by atoms with E-state index in [1.165, 1.54) is 23.1 Å². The second-order valence-electron chi connectivity index (χ2n) is 5.28. The SMILES string of the molecule is O=C(O)[C@@H]1CCCN1C(=O)CCNS(=O)(=O)c1c(Cl)cccc1Cl. The number of amides is 1. The van der Waals surface area contributed by atoms with Crippen LogP contribution in [0.3, 0.4) is 0 Å². The lowest BCUT2D eigenvalue weighted by Gasteiger charge is -2.21. The van der Waals surface area contributed by atoms with Gasteiger partial charge in [-0.1, -0.05) is 29.3 Å². The summed E-state index contributed by atoms with van der Waals surface area (Å²) in [4.78, 5) is 24.2. The van der Waals surface area contributed by atoms with Gasteiger partial charge in [0, 0.05) is 19.5 Å². The van der Waals surface area contributed by atoms with Gasteiger partial charge in [-0.15, -0.1) is 0 Å². The van der Waals surface area contributed by atoms with Crippen LogP contribution in [-0.2, 0) is 19.6 Å². The fourth-order valence-electron chi connectivity index (χ4n) is 2.57. The second kappa shape index (κ2) is 7.69. The predicted molar refractivity (Wildman–Crippen MR) is 88.6 cm³/mol. The van der Waals surface area contributed by atoms with Crippen molar-refractivity contribution in [3.05, 3.63) is 28.2 Å². The summed E-state index contributed by atoms with van der Waals surface area (Å²) in [6, 6.07) is 3.48. The minimum atomic E-state index is -3.97. The summed E-state index contributed by atoms with van der Waals surface area (Å²) in [5.41, 5.74) is 0. The molecule has 0 aliphatic carbocycles. The van der Waals surface area contributed by atoms with Crippen LogP contribution >= 0.6 is 23.2 Å². The molecule has 0 saturated carbocycles. The van der Waals surface area contributed by atoms with Crippen LogP contribution in [0.25, 0.3) is 0 Å². The molecule has 7 nitrogen and oxygen atoms in total. The Morgan fingerprint density at radius 2 is 1.92 bits per heavy atom. The van der Waals surface area contributed by atoms with Crippen LogP contribution in [0, 0.1) is 0 Å². The monoisotopic (exact) mass is 394 g/mol. The third kappa shape index (κ3) is 4.18. The molecule has 2 rings (SSSR count). The van der Waals surface area contributed by atoms with Gasteiger partial charge < -0.3 is 10.0 Å². The molecule has 1 atom stereocenters. The molecule has 132 valence electrons. The van der Waals surface area contributed by atoms with Crippen LogP contribution in [0.2, 0.25) is 10.0 Å². The van der Waals surface area contributed by atoms with Gasteiger partial charge in [-0.25, -0.2) is 17.9 Å². The number of carboxylic acid groups (broad SMARTS) is 1. The Morgan fingerprint density at radius 3 is 2.50 bits per heavy atom. The number of hydrogen-bond acceptors (Lipinski definition) is 4. The highest BCUT2D eigenvalue weighted by atomic mass is 35.5. The fraction of sp³-hybridized carbons (Fsp3) is 0.429. The molecule has 1 amide bonds. The van der Waals surface area contributed by atoms with Crippen molar-refractivity contribution in [2.45, 2.75) is 30.2 Å². The van der Waals surface area contributed by atoms with Crippen LogP contribution < -0.4 is 4.72 Å². The zero-order chi connectivity index (χ0) is 17.9. The highest BCUT2D eigenvalue weighted by molar-refractivity contribution is 7.89. The number of nitrogens with one attached hydrogen (secondary N) is 1. The van der Waals surface area contributed by atoms with Crippen molar-refractivity contribution < 1.29 is 23.1 Å². The van der Waals surface area contributed by atoms with Crippen LogP contribution in [0.4, 0.5) is 0 Å². The number of rotatable bonds is 6. The normalized spacial score (nSPS) is 17.9. The molecule has 1 aromatic carbocycles. The Balaban J connectivity index is 1.98. The molecule has 10 heteroatoms. The van der Waals surface area contributed by atoms with Crippen molar-refractivity contribution in [3.8, 4) is 0 Å². The summed E-state index contributed by atoms with van der Waals surface area (Å²) in [5, 5.41) is 9.02. The van der Waals surface area contributed by atoms with Crippen LogP contribution in [0.1, 0.15) is 19.3 Å². The molecule has 1 aromatic rings. The maximum atomic E-state index is 12.3. The molecule has 0 aromatic heterocycles. The Hall–Kier alpha value is -1.35. The van der Waals surface area contributed by atoms with Gasteiger partial charge in [0.05, 0.1) is 10.0 Å². The van der Waals surface area contributed by atoms with Crippen LogP contribution in [-0.4, -0.2) is 49.4 Å². The van der Waals surface area contributed by atoms with E-state index in [4.69, 9.17) is 28.3 Å². The van der Waals surface area contributed by atoms with E-state index in [1.807, 2.05) is 0 Å². The smallest absolute Gasteiger partial charge is 0.326 e. The van der Waals surface area contributed by atoms with E-state index in [2.05, 4.69) is 4.72 Å². The molecule has 2 N–H and O–H groups in total. The number of carboxylic acids is 1. The average molecular weight is 395 g/mol. The minimum absolute atomic E-state index is 0.0215. The number of benzene rings is 1. The maximum Gasteiger partial charge on any atom is 0.326 e. The van der Waals surface area contributed by atoms with E-state index in [9.17, 15) is 18.0 Å². The highest BCUT2D eigenvalue weighted by Crippen LogP contribution is 2.28. The molecule has 0 unspecified atom stereocenters. The third-order valence-corrected chi connectivity index (χ3v) is 6.09. The number of nitrogens with zero attached hydrogens (tertiary/aromatic N) is 1. The second-order valence-corrected chi connectivity index (χ2v) is 7.80. The Bertz CT molecular complexity index is 733. The molecule has 1 heterocycles. The number of likely N-dealkylation sites (tertiary alicyclic amines) is 1. The van der Waals surface area contributed by atoms with Crippen molar-refractivity contribution in [1.29, 1.82) is 0 Å². The number of hydrogen-bond donors (Lipinski definition) is 2. The van der Waals surface area contributed by atoms with Gasteiger partial charge in [0.15, 0.2) is 0 Å². The van der Waals surface area contributed by atoms with Crippen LogP contribution in [0.15, 0.2) is 23.1 Å². The van der Waals surface area contributed by atoms with Crippen molar-refractivity contribution in [2.24, 2.45) is 0 Å². The Kier molecular flexibility index (Phi) is 6.08. The zero-order valence-corrected chi connectivity index (χ0v) is 14.9. The van der Waals surface area contributed by atoms with Crippen molar-refractivity contribution >= 4 is 45.1 Å². The number of sulfonamides is 1. The van der Waals surface area contributed by atoms with Crippen molar-refractivity contribution in [3.63, 3.8) is 0 Å². The number of aliphatic carboxylic acids is 1. The third-order valence-electron chi connectivity index (χ3n) is 3.68. The molecule has 1 aliphatic rings. The molecule has 0 radical (unpaired) electrons. The molecule has 1 fully saturated rings. The van der Waals surface area contributed by atoms with Gasteiger partial charge in [0.2, 0.25) is 15.9 Å². The van der Waals surface area contributed by atoms with Gasteiger partial charge >= 0.3 is 5.97 Å². The highest BCUT2D eigenvalue weighted by Gasteiger charge is 2.33. The van der Waals surface area contributed by atoms with Gasteiger partial charge in [0.25, 0.3) is 0 Å². The molecule has 1 aliphatic heterocycles. The van der Waals surface area contributed by atoms with Gasteiger partial charge in [-0.2, -0.15) is 0 Å². The first-order valence-electron chi connectivity index (χ1n) is 7.20. The zero-order valence-electron chi connectivity index (χ0n) is 12.5. The van der Waals surface area contributed by atoms with E-state index >= 15 is 0 Å². The predicted octanol–water partition coefficient (Wildman–Crippen LogP) is 1.74.